The lowest BCUT2D eigenvalue weighted by Gasteiger charge is -2.25. The Hall–Kier alpha value is -0.960. The van der Waals surface area contributed by atoms with Crippen LogP contribution in [0.15, 0.2) is 18.2 Å². The number of hydrogen-bond acceptors (Lipinski definition) is 1. The molecule has 0 aliphatic heterocycles. The lowest BCUT2D eigenvalue weighted by Crippen LogP contribution is -2.32. The molecule has 1 aliphatic carbocycles. The first kappa shape index (κ1) is 12.5. The molecule has 3 heteroatoms. The van der Waals surface area contributed by atoms with E-state index in [-0.39, 0.29) is 17.5 Å². The highest BCUT2D eigenvalue weighted by Gasteiger charge is 2.28. The largest absolute Gasteiger partial charge is 0.316 e. The molecule has 1 saturated carbocycles. The first-order valence-corrected chi connectivity index (χ1v) is 6.35. The van der Waals surface area contributed by atoms with Crippen LogP contribution in [-0.4, -0.2) is 13.1 Å². The predicted molar refractivity (Wildman–Crippen MR) is 65.0 cm³/mol. The normalized spacial score (nSPS) is 25.6. The van der Waals surface area contributed by atoms with Crippen LogP contribution in [0.4, 0.5) is 8.78 Å². The molecule has 1 aliphatic rings. The third-order valence-corrected chi connectivity index (χ3v) is 3.76. The second kappa shape index (κ2) is 5.58. The molecule has 0 heterocycles. The van der Waals surface area contributed by atoms with Crippen LogP contribution in [0.1, 0.15) is 43.6 Å². The molecule has 1 nitrogen and oxygen atoms in total. The summed E-state index contributed by atoms with van der Waals surface area (Å²) in [4.78, 5) is 0. The number of benzene rings is 1. The third kappa shape index (κ3) is 2.65. The first-order chi connectivity index (χ1) is 8.24. The zero-order chi connectivity index (χ0) is 12.3. The van der Waals surface area contributed by atoms with Crippen LogP contribution in [0.3, 0.4) is 0 Å². The molecule has 17 heavy (non-hydrogen) atoms. The molecule has 0 aromatic heterocycles. The summed E-state index contributed by atoms with van der Waals surface area (Å²) in [6.07, 6.45) is 5.21. The predicted octanol–water partition coefficient (Wildman–Crippen LogP) is 3.60. The van der Waals surface area contributed by atoms with Crippen LogP contribution < -0.4 is 5.32 Å². The minimum atomic E-state index is -0.405. The van der Waals surface area contributed by atoms with Gasteiger partial charge in [0.05, 0.1) is 0 Å². The number of rotatable bonds is 2. The standard InChI is InChI=1S/C14H19F2N/c1-17-13-9-4-2-3-6-10(13)14-11(15)7-5-8-12(14)16/h5,7-8,10,13,17H,2-4,6,9H2,1H3. The van der Waals surface area contributed by atoms with Gasteiger partial charge >= 0.3 is 0 Å². The molecule has 1 aromatic rings. The average Bonchev–Trinajstić information content (AvgIpc) is 2.54. The Balaban J connectivity index is 2.34. The molecule has 1 N–H and O–H groups in total. The number of hydrogen-bond donors (Lipinski definition) is 1. The fourth-order valence-electron chi connectivity index (χ4n) is 2.86. The molecule has 2 unspecified atom stereocenters. The summed E-state index contributed by atoms with van der Waals surface area (Å²) in [6, 6.07) is 4.33. The van der Waals surface area contributed by atoms with Gasteiger partial charge in [0.2, 0.25) is 0 Å². The van der Waals surface area contributed by atoms with Crippen LogP contribution in [0, 0.1) is 11.6 Å². The number of likely N-dealkylation sites (N-methyl/N-ethyl adjacent to an activating group) is 1. The monoisotopic (exact) mass is 239 g/mol. The lowest BCUT2D eigenvalue weighted by atomic mass is 9.87. The van der Waals surface area contributed by atoms with Crippen molar-refractivity contribution in [2.24, 2.45) is 0 Å². The van der Waals surface area contributed by atoms with E-state index in [4.69, 9.17) is 0 Å². The van der Waals surface area contributed by atoms with Crippen molar-refractivity contribution in [2.75, 3.05) is 7.05 Å². The first-order valence-electron chi connectivity index (χ1n) is 6.35. The summed E-state index contributed by atoms with van der Waals surface area (Å²) < 4.78 is 27.6. The average molecular weight is 239 g/mol. The Kier molecular flexibility index (Phi) is 4.11. The van der Waals surface area contributed by atoms with Crippen molar-refractivity contribution in [3.05, 3.63) is 35.4 Å². The van der Waals surface area contributed by atoms with Crippen molar-refractivity contribution in [2.45, 2.75) is 44.1 Å². The van der Waals surface area contributed by atoms with Crippen molar-refractivity contribution in [3.63, 3.8) is 0 Å². The van der Waals surface area contributed by atoms with E-state index in [1.165, 1.54) is 18.2 Å². The van der Waals surface area contributed by atoms with E-state index in [1.54, 1.807) is 0 Å². The fourth-order valence-corrected chi connectivity index (χ4v) is 2.86. The maximum Gasteiger partial charge on any atom is 0.129 e. The molecular weight excluding hydrogens is 220 g/mol. The Morgan fingerprint density at radius 2 is 1.71 bits per heavy atom. The van der Waals surface area contributed by atoms with E-state index in [9.17, 15) is 8.78 Å². The van der Waals surface area contributed by atoms with Gasteiger partial charge in [-0.1, -0.05) is 25.3 Å². The van der Waals surface area contributed by atoms with E-state index >= 15 is 0 Å². The Labute approximate surface area is 101 Å². The molecule has 1 fully saturated rings. The van der Waals surface area contributed by atoms with E-state index in [0.717, 1.165) is 32.1 Å². The minimum Gasteiger partial charge on any atom is -0.316 e. The van der Waals surface area contributed by atoms with E-state index in [2.05, 4.69) is 5.32 Å². The smallest absolute Gasteiger partial charge is 0.129 e. The van der Waals surface area contributed by atoms with Crippen LogP contribution >= 0.6 is 0 Å². The summed E-state index contributed by atoms with van der Waals surface area (Å²) in [5.41, 5.74) is 0.272. The van der Waals surface area contributed by atoms with Crippen molar-refractivity contribution in [3.8, 4) is 0 Å². The van der Waals surface area contributed by atoms with Gasteiger partial charge < -0.3 is 5.32 Å². The van der Waals surface area contributed by atoms with Crippen molar-refractivity contribution in [1.29, 1.82) is 0 Å². The number of halogens is 2. The van der Waals surface area contributed by atoms with E-state index in [0.29, 0.717) is 0 Å². The van der Waals surface area contributed by atoms with Gasteiger partial charge in [0.15, 0.2) is 0 Å². The van der Waals surface area contributed by atoms with Gasteiger partial charge in [-0.15, -0.1) is 0 Å². The van der Waals surface area contributed by atoms with E-state index < -0.39 is 11.6 Å². The van der Waals surface area contributed by atoms with Crippen molar-refractivity contribution < 1.29 is 8.78 Å². The second-order valence-electron chi connectivity index (χ2n) is 4.78. The summed E-state index contributed by atoms with van der Waals surface area (Å²) in [6.45, 7) is 0. The maximum absolute atomic E-state index is 13.8. The van der Waals surface area contributed by atoms with Gasteiger partial charge in [0.25, 0.3) is 0 Å². The molecule has 0 radical (unpaired) electrons. The highest BCUT2D eigenvalue weighted by atomic mass is 19.1. The zero-order valence-electron chi connectivity index (χ0n) is 10.2. The Morgan fingerprint density at radius 3 is 2.35 bits per heavy atom. The van der Waals surface area contributed by atoms with Crippen molar-refractivity contribution >= 4 is 0 Å². The quantitative estimate of drug-likeness (QED) is 0.777. The Morgan fingerprint density at radius 1 is 1.06 bits per heavy atom. The van der Waals surface area contributed by atoms with Crippen molar-refractivity contribution in [1.82, 2.24) is 5.32 Å². The maximum atomic E-state index is 13.8. The second-order valence-corrected chi connectivity index (χ2v) is 4.78. The molecule has 2 atom stereocenters. The summed E-state index contributed by atoms with van der Waals surface area (Å²) >= 11 is 0. The Bertz CT molecular complexity index is 358. The SMILES string of the molecule is CNC1CCCCCC1c1c(F)cccc1F. The highest BCUT2D eigenvalue weighted by Crippen LogP contribution is 2.34. The third-order valence-electron chi connectivity index (χ3n) is 3.76. The van der Waals surface area contributed by atoms with Gasteiger partial charge in [-0.2, -0.15) is 0 Å². The van der Waals surface area contributed by atoms with E-state index in [1.807, 2.05) is 7.05 Å². The zero-order valence-corrected chi connectivity index (χ0v) is 10.2. The number of nitrogens with one attached hydrogen (secondary N) is 1. The molecular formula is C14H19F2N. The molecule has 0 bridgehead atoms. The molecule has 0 saturated heterocycles. The summed E-state index contributed by atoms with van der Waals surface area (Å²) in [5, 5.41) is 3.21. The van der Waals surface area contributed by atoms with Gasteiger partial charge in [0, 0.05) is 17.5 Å². The van der Waals surface area contributed by atoms with Gasteiger partial charge in [-0.3, -0.25) is 0 Å². The fraction of sp³-hybridized carbons (Fsp3) is 0.571. The molecule has 94 valence electrons. The minimum absolute atomic E-state index is 0.0382. The van der Waals surface area contributed by atoms with Gasteiger partial charge in [0.1, 0.15) is 11.6 Å². The molecule has 1 aromatic carbocycles. The summed E-state index contributed by atoms with van der Waals surface area (Å²) in [7, 11) is 1.88. The van der Waals surface area contributed by atoms with Crippen LogP contribution in [-0.2, 0) is 0 Å². The van der Waals surface area contributed by atoms with Crippen LogP contribution in [0.2, 0.25) is 0 Å². The topological polar surface area (TPSA) is 12.0 Å². The summed E-state index contributed by atoms with van der Waals surface area (Å²) in [5.74, 6) is -0.849. The highest BCUT2D eigenvalue weighted by molar-refractivity contribution is 5.25. The van der Waals surface area contributed by atoms with Crippen LogP contribution in [0.25, 0.3) is 0 Å². The molecule has 2 rings (SSSR count). The lowest BCUT2D eigenvalue weighted by molar-refractivity contribution is 0.409. The van der Waals surface area contributed by atoms with Gasteiger partial charge in [-0.05, 0) is 32.0 Å². The van der Waals surface area contributed by atoms with Crippen LogP contribution in [0.5, 0.6) is 0 Å². The molecule has 0 spiro atoms. The van der Waals surface area contributed by atoms with Gasteiger partial charge in [-0.25, -0.2) is 8.78 Å². The molecule has 0 amide bonds.